The first-order valence-electron chi connectivity index (χ1n) is 6.22. The van der Waals surface area contributed by atoms with E-state index in [1.807, 2.05) is 29.2 Å². The number of rotatable bonds is 5. The van der Waals surface area contributed by atoms with Crippen LogP contribution in [0.15, 0.2) is 24.3 Å². The predicted molar refractivity (Wildman–Crippen MR) is 72.0 cm³/mol. The topological polar surface area (TPSA) is 101 Å². The number of anilines is 1. The SMILES string of the molecule is NC(=O)NC(=O)CN(Cc1ccc(N)cc1)C1CC1. The van der Waals surface area contributed by atoms with Crippen molar-refractivity contribution in [3.05, 3.63) is 29.8 Å². The lowest BCUT2D eigenvalue weighted by atomic mass is 10.2. The highest BCUT2D eigenvalue weighted by Gasteiger charge is 2.30. The molecule has 19 heavy (non-hydrogen) atoms. The molecular formula is C13H18N4O2. The van der Waals surface area contributed by atoms with Crippen molar-refractivity contribution in [3.63, 3.8) is 0 Å². The smallest absolute Gasteiger partial charge is 0.318 e. The molecule has 0 unspecified atom stereocenters. The summed E-state index contributed by atoms with van der Waals surface area (Å²) < 4.78 is 0. The Balaban J connectivity index is 1.94. The first-order chi connectivity index (χ1) is 9.04. The van der Waals surface area contributed by atoms with E-state index >= 15 is 0 Å². The van der Waals surface area contributed by atoms with Crippen LogP contribution in [0.2, 0.25) is 0 Å². The zero-order valence-electron chi connectivity index (χ0n) is 10.6. The number of urea groups is 1. The molecule has 0 spiro atoms. The van der Waals surface area contributed by atoms with Gasteiger partial charge in [-0.3, -0.25) is 15.0 Å². The minimum Gasteiger partial charge on any atom is -0.399 e. The van der Waals surface area contributed by atoms with Crippen LogP contribution in [0.1, 0.15) is 18.4 Å². The van der Waals surface area contributed by atoms with Gasteiger partial charge in [0, 0.05) is 18.3 Å². The number of imide groups is 1. The monoisotopic (exact) mass is 262 g/mol. The van der Waals surface area contributed by atoms with E-state index in [1.54, 1.807) is 0 Å². The predicted octanol–water partition coefficient (Wildman–Crippen LogP) is 0.428. The lowest BCUT2D eigenvalue weighted by molar-refractivity contribution is -0.121. The average Bonchev–Trinajstić information content (AvgIpc) is 3.14. The third-order valence-electron chi connectivity index (χ3n) is 3.04. The molecular weight excluding hydrogens is 244 g/mol. The maximum atomic E-state index is 11.6. The first-order valence-corrected chi connectivity index (χ1v) is 6.22. The van der Waals surface area contributed by atoms with E-state index in [0.29, 0.717) is 18.3 Å². The quantitative estimate of drug-likeness (QED) is 0.670. The number of nitrogens with one attached hydrogen (secondary N) is 1. The summed E-state index contributed by atoms with van der Waals surface area (Å²) in [4.78, 5) is 24.2. The Morgan fingerprint density at radius 3 is 2.42 bits per heavy atom. The molecule has 0 saturated heterocycles. The lowest BCUT2D eigenvalue weighted by Crippen LogP contribution is -2.42. The van der Waals surface area contributed by atoms with Gasteiger partial charge in [0.05, 0.1) is 6.54 Å². The molecule has 0 bridgehead atoms. The summed E-state index contributed by atoms with van der Waals surface area (Å²) in [6, 6.07) is 7.16. The van der Waals surface area contributed by atoms with Crippen molar-refractivity contribution in [2.45, 2.75) is 25.4 Å². The van der Waals surface area contributed by atoms with Crippen LogP contribution in [0.5, 0.6) is 0 Å². The van der Waals surface area contributed by atoms with Gasteiger partial charge in [0.15, 0.2) is 0 Å². The molecule has 3 amide bonds. The van der Waals surface area contributed by atoms with Gasteiger partial charge in [-0.25, -0.2) is 4.79 Å². The molecule has 0 aromatic heterocycles. The number of hydrogen-bond acceptors (Lipinski definition) is 4. The van der Waals surface area contributed by atoms with E-state index in [4.69, 9.17) is 11.5 Å². The van der Waals surface area contributed by atoms with Crippen LogP contribution in [0.4, 0.5) is 10.5 Å². The number of nitrogen functional groups attached to an aromatic ring is 1. The van der Waals surface area contributed by atoms with Gasteiger partial charge in [0.2, 0.25) is 5.91 Å². The first kappa shape index (κ1) is 13.4. The molecule has 0 atom stereocenters. The second-order valence-corrected chi connectivity index (χ2v) is 4.79. The van der Waals surface area contributed by atoms with Crippen LogP contribution < -0.4 is 16.8 Å². The Morgan fingerprint density at radius 2 is 1.89 bits per heavy atom. The van der Waals surface area contributed by atoms with Gasteiger partial charge in [-0.05, 0) is 30.5 Å². The van der Waals surface area contributed by atoms with Gasteiger partial charge in [-0.15, -0.1) is 0 Å². The van der Waals surface area contributed by atoms with Gasteiger partial charge in [-0.2, -0.15) is 0 Å². The summed E-state index contributed by atoms with van der Waals surface area (Å²) in [6.45, 7) is 0.842. The van der Waals surface area contributed by atoms with Crippen molar-refractivity contribution >= 4 is 17.6 Å². The fourth-order valence-corrected chi connectivity index (χ4v) is 1.97. The molecule has 0 radical (unpaired) electrons. The molecule has 102 valence electrons. The number of hydrogen-bond donors (Lipinski definition) is 3. The molecule has 0 aliphatic heterocycles. The van der Waals surface area contributed by atoms with Gasteiger partial charge >= 0.3 is 6.03 Å². The number of benzene rings is 1. The van der Waals surface area contributed by atoms with Crippen molar-refractivity contribution in [1.82, 2.24) is 10.2 Å². The molecule has 1 aliphatic carbocycles. The third kappa shape index (κ3) is 4.26. The van der Waals surface area contributed by atoms with Crippen LogP contribution >= 0.6 is 0 Å². The zero-order valence-corrected chi connectivity index (χ0v) is 10.6. The maximum absolute atomic E-state index is 11.6. The molecule has 6 heteroatoms. The average molecular weight is 262 g/mol. The minimum absolute atomic E-state index is 0.179. The van der Waals surface area contributed by atoms with Gasteiger partial charge in [-0.1, -0.05) is 12.1 Å². The number of carbonyl (C=O) groups is 2. The van der Waals surface area contributed by atoms with Crippen molar-refractivity contribution in [2.24, 2.45) is 5.73 Å². The molecule has 1 aliphatic rings. The maximum Gasteiger partial charge on any atom is 0.318 e. The molecule has 1 aromatic rings. The molecule has 1 aromatic carbocycles. The number of nitrogens with zero attached hydrogens (tertiary/aromatic N) is 1. The third-order valence-corrected chi connectivity index (χ3v) is 3.04. The number of primary amides is 1. The van der Waals surface area contributed by atoms with Crippen LogP contribution in [0, 0.1) is 0 Å². The van der Waals surface area contributed by atoms with Gasteiger partial charge in [0.25, 0.3) is 0 Å². The molecule has 1 saturated carbocycles. The summed E-state index contributed by atoms with van der Waals surface area (Å²) in [5, 5.41) is 2.09. The summed E-state index contributed by atoms with van der Waals surface area (Å²) in [7, 11) is 0. The number of nitrogens with two attached hydrogens (primary N) is 2. The van der Waals surface area contributed by atoms with E-state index in [1.165, 1.54) is 0 Å². The molecule has 0 heterocycles. The largest absolute Gasteiger partial charge is 0.399 e. The molecule has 6 nitrogen and oxygen atoms in total. The number of amides is 3. The van der Waals surface area contributed by atoms with E-state index in [0.717, 1.165) is 18.4 Å². The molecule has 2 rings (SSSR count). The Morgan fingerprint density at radius 1 is 1.26 bits per heavy atom. The van der Waals surface area contributed by atoms with Gasteiger partial charge < -0.3 is 11.5 Å². The normalized spacial score (nSPS) is 14.4. The summed E-state index contributed by atoms with van der Waals surface area (Å²) >= 11 is 0. The van der Waals surface area contributed by atoms with E-state index in [2.05, 4.69) is 5.32 Å². The highest BCUT2D eigenvalue weighted by Crippen LogP contribution is 2.28. The van der Waals surface area contributed by atoms with Crippen LogP contribution in [-0.4, -0.2) is 29.4 Å². The van der Waals surface area contributed by atoms with Crippen molar-refractivity contribution in [1.29, 1.82) is 0 Å². The van der Waals surface area contributed by atoms with Crippen LogP contribution in [0.25, 0.3) is 0 Å². The zero-order chi connectivity index (χ0) is 13.8. The second-order valence-electron chi connectivity index (χ2n) is 4.79. The summed E-state index contributed by atoms with van der Waals surface area (Å²) in [5.74, 6) is -0.366. The van der Waals surface area contributed by atoms with Crippen molar-refractivity contribution < 1.29 is 9.59 Å². The highest BCUT2D eigenvalue weighted by molar-refractivity contribution is 5.94. The van der Waals surface area contributed by atoms with Crippen LogP contribution in [-0.2, 0) is 11.3 Å². The summed E-state index contributed by atoms with van der Waals surface area (Å²) in [5.41, 5.74) is 12.4. The lowest BCUT2D eigenvalue weighted by Gasteiger charge is -2.21. The standard InChI is InChI=1S/C13H18N4O2/c14-10-3-1-9(2-4-10)7-17(11-5-6-11)8-12(18)16-13(15)19/h1-4,11H,5-8,14H2,(H3,15,16,18,19). The van der Waals surface area contributed by atoms with Crippen molar-refractivity contribution in [3.8, 4) is 0 Å². The molecule has 5 N–H and O–H groups in total. The Hall–Kier alpha value is -2.08. The van der Waals surface area contributed by atoms with Crippen molar-refractivity contribution in [2.75, 3.05) is 12.3 Å². The fourth-order valence-electron chi connectivity index (χ4n) is 1.97. The Kier molecular flexibility index (Phi) is 4.01. The number of carbonyl (C=O) groups excluding carboxylic acids is 2. The minimum atomic E-state index is -0.812. The Bertz CT molecular complexity index is 468. The highest BCUT2D eigenvalue weighted by atomic mass is 16.2. The summed E-state index contributed by atoms with van der Waals surface area (Å²) in [6.07, 6.45) is 2.16. The molecule has 1 fully saturated rings. The van der Waals surface area contributed by atoms with Crippen LogP contribution in [0.3, 0.4) is 0 Å². The second kappa shape index (κ2) is 5.71. The van der Waals surface area contributed by atoms with E-state index < -0.39 is 6.03 Å². The fraction of sp³-hybridized carbons (Fsp3) is 0.385. The Labute approximate surface area is 111 Å². The van der Waals surface area contributed by atoms with Gasteiger partial charge in [0.1, 0.15) is 0 Å². The van der Waals surface area contributed by atoms with E-state index in [9.17, 15) is 9.59 Å². The van der Waals surface area contributed by atoms with E-state index in [-0.39, 0.29) is 12.5 Å².